The van der Waals surface area contributed by atoms with Crippen LogP contribution in [-0.4, -0.2) is 37.2 Å². The molecule has 7 heteroatoms. The van der Waals surface area contributed by atoms with Gasteiger partial charge in [0, 0.05) is 31.9 Å². The molecule has 1 aromatic heterocycles. The highest BCUT2D eigenvalue weighted by molar-refractivity contribution is 7.89. The predicted molar refractivity (Wildman–Crippen MR) is 91.8 cm³/mol. The molecule has 2 rings (SSSR count). The number of pyridine rings is 1. The SMILES string of the molecule is Cc1ccc(C(=O)Cn2cc(S(=O)(=O)N(C)C)ccc2=O)c(C)c1. The van der Waals surface area contributed by atoms with Crippen molar-refractivity contribution in [1.82, 2.24) is 8.87 Å². The van der Waals surface area contributed by atoms with Gasteiger partial charge in [-0.05, 0) is 25.5 Å². The normalized spacial score (nSPS) is 11.7. The minimum Gasteiger partial charge on any atom is -0.306 e. The Morgan fingerprint density at radius 1 is 1.12 bits per heavy atom. The van der Waals surface area contributed by atoms with E-state index in [0.29, 0.717) is 5.56 Å². The molecule has 0 fully saturated rings. The highest BCUT2D eigenvalue weighted by atomic mass is 32.2. The predicted octanol–water partition coefficient (Wildman–Crippen LogP) is 1.60. The molecule has 1 heterocycles. The van der Waals surface area contributed by atoms with Crippen LogP contribution in [0.1, 0.15) is 21.5 Å². The molecule has 0 aliphatic rings. The van der Waals surface area contributed by atoms with Gasteiger partial charge in [-0.25, -0.2) is 12.7 Å². The Hall–Kier alpha value is -2.25. The Morgan fingerprint density at radius 3 is 2.38 bits per heavy atom. The van der Waals surface area contributed by atoms with Gasteiger partial charge in [0.25, 0.3) is 5.56 Å². The van der Waals surface area contributed by atoms with Crippen molar-refractivity contribution in [3.63, 3.8) is 0 Å². The van der Waals surface area contributed by atoms with Crippen LogP contribution in [0.3, 0.4) is 0 Å². The number of hydrogen-bond acceptors (Lipinski definition) is 4. The van der Waals surface area contributed by atoms with Gasteiger partial charge in [-0.3, -0.25) is 9.59 Å². The minimum absolute atomic E-state index is 0.0273. The highest BCUT2D eigenvalue weighted by Crippen LogP contribution is 2.14. The van der Waals surface area contributed by atoms with Crippen LogP contribution in [0.4, 0.5) is 0 Å². The third-order valence-electron chi connectivity index (χ3n) is 3.73. The van der Waals surface area contributed by atoms with E-state index in [4.69, 9.17) is 0 Å². The summed E-state index contributed by atoms with van der Waals surface area (Å²) in [5, 5.41) is 0. The number of ketones is 1. The summed E-state index contributed by atoms with van der Waals surface area (Å²) in [5.74, 6) is -0.242. The molecule has 6 nitrogen and oxygen atoms in total. The van der Waals surface area contributed by atoms with Crippen LogP contribution in [-0.2, 0) is 16.6 Å². The maximum atomic E-state index is 12.5. The molecule has 0 bridgehead atoms. The fourth-order valence-electron chi connectivity index (χ4n) is 2.36. The van der Waals surface area contributed by atoms with Crippen molar-refractivity contribution in [2.24, 2.45) is 0 Å². The summed E-state index contributed by atoms with van der Waals surface area (Å²) in [6.07, 6.45) is 1.21. The van der Waals surface area contributed by atoms with Gasteiger partial charge in [-0.2, -0.15) is 0 Å². The molecule has 0 atom stereocenters. The van der Waals surface area contributed by atoms with E-state index in [1.807, 2.05) is 26.0 Å². The van der Waals surface area contributed by atoms with Gasteiger partial charge >= 0.3 is 0 Å². The summed E-state index contributed by atoms with van der Waals surface area (Å²) in [4.78, 5) is 24.4. The van der Waals surface area contributed by atoms with Crippen molar-refractivity contribution in [3.05, 3.63) is 63.6 Å². The van der Waals surface area contributed by atoms with Crippen LogP contribution < -0.4 is 5.56 Å². The van der Waals surface area contributed by atoms with Crippen LogP contribution in [0.15, 0.2) is 46.2 Å². The number of aromatic nitrogens is 1. The number of benzene rings is 1. The molecule has 0 saturated carbocycles. The van der Waals surface area contributed by atoms with Crippen LogP contribution in [0.25, 0.3) is 0 Å². The third-order valence-corrected chi connectivity index (χ3v) is 5.53. The van der Waals surface area contributed by atoms with E-state index in [1.54, 1.807) is 6.07 Å². The first-order valence-electron chi connectivity index (χ1n) is 7.36. The maximum absolute atomic E-state index is 12.5. The molecule has 0 aliphatic carbocycles. The summed E-state index contributed by atoms with van der Waals surface area (Å²) in [7, 11) is -0.851. The first kappa shape index (κ1) is 18.1. The van der Waals surface area contributed by atoms with Gasteiger partial charge in [-0.15, -0.1) is 0 Å². The summed E-state index contributed by atoms with van der Waals surface area (Å²) < 4.78 is 26.5. The monoisotopic (exact) mass is 348 g/mol. The van der Waals surface area contributed by atoms with E-state index in [-0.39, 0.29) is 17.2 Å². The molecule has 24 heavy (non-hydrogen) atoms. The standard InChI is InChI=1S/C17H20N2O4S/c1-12-5-7-15(13(2)9-12)16(20)11-19-10-14(6-8-17(19)21)24(22,23)18(3)4/h5-10H,11H2,1-4H3. The van der Waals surface area contributed by atoms with Gasteiger partial charge < -0.3 is 4.57 Å². The molecule has 0 radical (unpaired) electrons. The first-order valence-corrected chi connectivity index (χ1v) is 8.80. The zero-order valence-electron chi connectivity index (χ0n) is 14.1. The van der Waals surface area contributed by atoms with Crippen LogP contribution in [0, 0.1) is 13.8 Å². The topological polar surface area (TPSA) is 76.5 Å². The third kappa shape index (κ3) is 3.63. The van der Waals surface area contributed by atoms with E-state index >= 15 is 0 Å². The zero-order chi connectivity index (χ0) is 18.1. The number of sulfonamides is 1. The van der Waals surface area contributed by atoms with E-state index in [0.717, 1.165) is 26.1 Å². The quantitative estimate of drug-likeness (QED) is 0.769. The largest absolute Gasteiger partial charge is 0.306 e. The van der Waals surface area contributed by atoms with Crippen LogP contribution >= 0.6 is 0 Å². The molecular formula is C17H20N2O4S. The van der Waals surface area contributed by atoms with Crippen molar-refractivity contribution in [2.75, 3.05) is 14.1 Å². The second-order valence-corrected chi connectivity index (χ2v) is 8.01. The van der Waals surface area contributed by atoms with Gasteiger partial charge in [0.05, 0.1) is 11.4 Å². The van der Waals surface area contributed by atoms with Crippen LogP contribution in [0.2, 0.25) is 0 Å². The molecule has 0 unspecified atom stereocenters. The molecule has 0 saturated heterocycles. The van der Waals surface area contributed by atoms with Crippen LogP contribution in [0.5, 0.6) is 0 Å². The number of hydrogen-bond donors (Lipinski definition) is 0. The lowest BCUT2D eigenvalue weighted by atomic mass is 10.0. The molecule has 0 amide bonds. The second kappa shape index (κ2) is 6.70. The average molecular weight is 348 g/mol. The lowest BCUT2D eigenvalue weighted by molar-refractivity contribution is 0.0970. The van der Waals surface area contributed by atoms with Crippen molar-refractivity contribution < 1.29 is 13.2 Å². The van der Waals surface area contributed by atoms with E-state index < -0.39 is 15.6 Å². The molecular weight excluding hydrogens is 328 g/mol. The molecule has 1 aromatic carbocycles. The smallest absolute Gasteiger partial charge is 0.251 e. The molecule has 2 aromatic rings. The summed E-state index contributed by atoms with van der Waals surface area (Å²) in [5.41, 5.74) is 1.96. The van der Waals surface area contributed by atoms with E-state index in [9.17, 15) is 18.0 Å². The summed E-state index contributed by atoms with van der Waals surface area (Å²) >= 11 is 0. The Morgan fingerprint density at radius 2 is 1.79 bits per heavy atom. The Balaban J connectivity index is 2.39. The van der Waals surface area contributed by atoms with Crippen molar-refractivity contribution >= 4 is 15.8 Å². The average Bonchev–Trinajstić information content (AvgIpc) is 2.48. The molecule has 0 N–H and O–H groups in total. The van der Waals surface area contributed by atoms with Crippen molar-refractivity contribution in [2.45, 2.75) is 25.3 Å². The van der Waals surface area contributed by atoms with Gasteiger partial charge in [0.2, 0.25) is 10.0 Å². The molecule has 0 spiro atoms. The number of nitrogens with zero attached hydrogens (tertiary/aromatic N) is 2. The Kier molecular flexibility index (Phi) is 5.05. The van der Waals surface area contributed by atoms with E-state index in [1.165, 1.54) is 26.4 Å². The zero-order valence-corrected chi connectivity index (χ0v) is 14.9. The fraction of sp³-hybridized carbons (Fsp3) is 0.294. The first-order chi connectivity index (χ1) is 11.1. The van der Waals surface area contributed by atoms with Gasteiger partial charge in [0.15, 0.2) is 5.78 Å². The van der Waals surface area contributed by atoms with Gasteiger partial charge in [0.1, 0.15) is 0 Å². The second-order valence-electron chi connectivity index (χ2n) is 5.86. The number of Topliss-reactive ketones (excluding diaryl/α,β-unsaturated/α-hetero) is 1. The van der Waals surface area contributed by atoms with Crippen molar-refractivity contribution in [3.8, 4) is 0 Å². The lowest BCUT2D eigenvalue weighted by Crippen LogP contribution is -2.27. The molecule has 128 valence electrons. The molecule has 0 aliphatic heterocycles. The van der Waals surface area contributed by atoms with Crippen molar-refractivity contribution in [1.29, 1.82) is 0 Å². The maximum Gasteiger partial charge on any atom is 0.251 e. The fourth-order valence-corrected chi connectivity index (χ4v) is 3.28. The Bertz CT molecular complexity index is 943. The lowest BCUT2D eigenvalue weighted by Gasteiger charge is -2.13. The summed E-state index contributed by atoms with van der Waals surface area (Å²) in [6, 6.07) is 7.85. The number of carbonyl (C=O) groups is 1. The number of carbonyl (C=O) groups excluding carboxylic acids is 1. The number of rotatable bonds is 5. The van der Waals surface area contributed by atoms with E-state index in [2.05, 4.69) is 0 Å². The highest BCUT2D eigenvalue weighted by Gasteiger charge is 2.19. The van der Waals surface area contributed by atoms with Gasteiger partial charge in [-0.1, -0.05) is 23.8 Å². The minimum atomic E-state index is -3.67. The number of aryl methyl sites for hydroxylation is 2. The Labute approximate surface area is 141 Å². The summed E-state index contributed by atoms with van der Waals surface area (Å²) in [6.45, 7) is 3.55.